The van der Waals surface area contributed by atoms with Crippen molar-refractivity contribution in [3.63, 3.8) is 0 Å². The number of hydrogen-bond donors (Lipinski definition) is 0. The van der Waals surface area contributed by atoms with E-state index in [0.29, 0.717) is 37.3 Å². The largest absolute Gasteiger partial charge is 0.415 e. The summed E-state index contributed by atoms with van der Waals surface area (Å²) in [7, 11) is -3.36. The number of likely N-dealkylation sites (N-methyl/N-ethyl adjacent to an activating group) is 1. The Hall–Kier alpha value is -4.13. The van der Waals surface area contributed by atoms with Crippen LogP contribution in [0, 0.1) is 23.4 Å². The van der Waals surface area contributed by atoms with Crippen LogP contribution in [0.1, 0.15) is 31.2 Å². The van der Waals surface area contributed by atoms with E-state index < -0.39 is 45.3 Å². The predicted molar refractivity (Wildman–Crippen MR) is 157 cm³/mol. The summed E-state index contributed by atoms with van der Waals surface area (Å²) in [6.45, 7) is 3.42. The summed E-state index contributed by atoms with van der Waals surface area (Å²) in [4.78, 5) is 36.6. The summed E-state index contributed by atoms with van der Waals surface area (Å²) < 4.78 is 70.4. The van der Waals surface area contributed by atoms with Crippen LogP contribution in [0.3, 0.4) is 0 Å². The molecule has 1 aromatic heterocycles. The molecule has 2 aliphatic rings. The van der Waals surface area contributed by atoms with Crippen LogP contribution in [0.15, 0.2) is 65.7 Å². The van der Waals surface area contributed by atoms with E-state index in [1.165, 1.54) is 47.5 Å². The van der Waals surface area contributed by atoms with Crippen molar-refractivity contribution in [2.75, 3.05) is 43.9 Å². The van der Waals surface area contributed by atoms with Crippen LogP contribution in [-0.4, -0.2) is 80.2 Å². The van der Waals surface area contributed by atoms with E-state index in [1.807, 2.05) is 4.90 Å². The highest BCUT2D eigenvalue weighted by Crippen LogP contribution is 2.35. The van der Waals surface area contributed by atoms with Gasteiger partial charge in [-0.15, -0.1) is 0 Å². The van der Waals surface area contributed by atoms with Crippen molar-refractivity contribution in [3.8, 4) is 5.75 Å². The van der Waals surface area contributed by atoms with Gasteiger partial charge in [0.05, 0.1) is 10.9 Å². The number of aromatic nitrogens is 1. The highest BCUT2D eigenvalue weighted by atomic mass is 32.2. The maximum atomic E-state index is 14.3. The Labute approximate surface area is 254 Å². The van der Waals surface area contributed by atoms with Crippen molar-refractivity contribution in [2.24, 2.45) is 5.92 Å². The molecular weight excluding hydrogens is 597 g/mol. The Bertz CT molecular complexity index is 1610. The van der Waals surface area contributed by atoms with Gasteiger partial charge in [0.15, 0.2) is 21.5 Å². The van der Waals surface area contributed by atoms with Gasteiger partial charge in [-0.2, -0.15) is 0 Å². The van der Waals surface area contributed by atoms with E-state index in [-0.39, 0.29) is 42.1 Å². The first-order chi connectivity index (χ1) is 20.9. The molecule has 0 N–H and O–H groups in total. The van der Waals surface area contributed by atoms with Crippen molar-refractivity contribution in [1.29, 1.82) is 0 Å². The monoisotopic (exact) mass is 630 g/mol. The fourth-order valence-corrected chi connectivity index (χ4v) is 6.47. The lowest BCUT2D eigenvalue weighted by Gasteiger charge is -2.34. The molecule has 2 aliphatic heterocycles. The maximum Gasteiger partial charge on any atom is 0.415 e. The molecule has 2 atom stereocenters. The number of sulfone groups is 1. The van der Waals surface area contributed by atoms with Gasteiger partial charge in [-0.3, -0.25) is 4.79 Å². The average Bonchev–Trinajstić information content (AvgIpc) is 3.44. The van der Waals surface area contributed by atoms with Gasteiger partial charge in [0.25, 0.3) is 0 Å². The summed E-state index contributed by atoms with van der Waals surface area (Å²) in [5, 5.41) is 0. The van der Waals surface area contributed by atoms with E-state index in [0.717, 1.165) is 18.4 Å². The summed E-state index contributed by atoms with van der Waals surface area (Å²) >= 11 is 0. The number of amides is 2. The van der Waals surface area contributed by atoms with Crippen molar-refractivity contribution in [1.82, 2.24) is 14.8 Å². The van der Waals surface area contributed by atoms with Crippen LogP contribution >= 0.6 is 0 Å². The number of ether oxygens (including phenoxy) is 1. The molecule has 0 aliphatic carbocycles. The smallest absolute Gasteiger partial charge is 0.410 e. The van der Waals surface area contributed by atoms with E-state index >= 15 is 0 Å². The first kappa shape index (κ1) is 31.3. The number of carbonyl (C=O) groups excluding carboxylic acids is 2. The standard InChI is InChI=1S/C31H33F3N4O5S/c1-3-38(31(40)43-23-7-5-22(32)6-8-23)28-19-37(18-25(28)21-4-10-26(33)27(34)16-21)30(39)20-12-14-36(15-13-20)29-11-9-24(17-35-29)44(2,41)42/h4-11,16-17,20,25,28H,3,12-15,18-19H2,1-2H3/t25-,28+/m0/s1. The molecule has 5 rings (SSSR count). The van der Waals surface area contributed by atoms with Crippen LogP contribution < -0.4 is 9.64 Å². The number of pyridine rings is 1. The van der Waals surface area contributed by atoms with Gasteiger partial charge in [-0.25, -0.2) is 31.4 Å². The Morgan fingerprint density at radius 1 is 0.977 bits per heavy atom. The van der Waals surface area contributed by atoms with Crippen LogP contribution in [0.5, 0.6) is 5.75 Å². The molecule has 2 amide bonds. The molecule has 2 saturated heterocycles. The summed E-state index contributed by atoms with van der Waals surface area (Å²) in [5.41, 5.74) is 0.454. The van der Waals surface area contributed by atoms with E-state index in [2.05, 4.69) is 4.98 Å². The minimum absolute atomic E-state index is 0.0944. The molecule has 0 radical (unpaired) electrons. The van der Waals surface area contributed by atoms with Crippen molar-refractivity contribution < 1.29 is 35.9 Å². The number of benzene rings is 2. The van der Waals surface area contributed by atoms with Gasteiger partial charge < -0.3 is 19.4 Å². The zero-order valence-electron chi connectivity index (χ0n) is 24.3. The molecule has 0 unspecified atom stereocenters. The second-order valence-electron chi connectivity index (χ2n) is 11.1. The molecule has 9 nitrogen and oxygen atoms in total. The minimum Gasteiger partial charge on any atom is -0.410 e. The normalized spacial score (nSPS) is 19.2. The van der Waals surface area contributed by atoms with E-state index in [1.54, 1.807) is 17.9 Å². The number of rotatable bonds is 7. The Kier molecular flexibility index (Phi) is 9.14. The van der Waals surface area contributed by atoms with Gasteiger partial charge in [-0.05, 0) is 73.9 Å². The van der Waals surface area contributed by atoms with Gasteiger partial charge in [0.1, 0.15) is 17.4 Å². The molecule has 44 heavy (non-hydrogen) atoms. The Morgan fingerprint density at radius 3 is 2.27 bits per heavy atom. The third-order valence-electron chi connectivity index (χ3n) is 8.28. The van der Waals surface area contributed by atoms with Crippen LogP contribution in [0.25, 0.3) is 0 Å². The lowest BCUT2D eigenvalue weighted by molar-refractivity contribution is -0.135. The molecule has 0 saturated carbocycles. The van der Waals surface area contributed by atoms with E-state index in [9.17, 15) is 31.2 Å². The maximum absolute atomic E-state index is 14.3. The summed E-state index contributed by atoms with van der Waals surface area (Å²) in [6, 6.07) is 11.2. The predicted octanol–water partition coefficient (Wildman–Crippen LogP) is 4.63. The number of carbonyl (C=O) groups is 2. The first-order valence-electron chi connectivity index (χ1n) is 14.3. The second-order valence-corrected chi connectivity index (χ2v) is 13.1. The van der Waals surface area contributed by atoms with Crippen molar-refractivity contribution >= 4 is 27.7 Å². The van der Waals surface area contributed by atoms with Crippen LogP contribution in [0.2, 0.25) is 0 Å². The number of piperidine rings is 1. The second kappa shape index (κ2) is 12.8. The third-order valence-corrected chi connectivity index (χ3v) is 9.38. The Balaban J connectivity index is 1.31. The number of nitrogens with zero attached hydrogens (tertiary/aromatic N) is 4. The molecule has 0 spiro atoms. The minimum atomic E-state index is -3.36. The molecule has 13 heteroatoms. The number of hydrogen-bond acceptors (Lipinski definition) is 7. The highest BCUT2D eigenvalue weighted by Gasteiger charge is 2.43. The molecular formula is C31H33F3N4O5S. The van der Waals surface area contributed by atoms with Gasteiger partial charge in [0, 0.05) is 57.0 Å². The molecule has 3 aromatic rings. The fraction of sp³-hybridized carbons (Fsp3) is 0.387. The van der Waals surface area contributed by atoms with Gasteiger partial charge in [-0.1, -0.05) is 6.07 Å². The van der Waals surface area contributed by atoms with Gasteiger partial charge >= 0.3 is 6.09 Å². The SMILES string of the molecule is CCN(C(=O)Oc1ccc(F)cc1)[C@@H]1CN(C(=O)C2CCN(c3ccc(S(C)(=O)=O)cn3)CC2)C[C@H]1c1ccc(F)c(F)c1. The number of anilines is 1. The highest BCUT2D eigenvalue weighted by molar-refractivity contribution is 7.90. The molecule has 2 fully saturated rings. The molecule has 0 bridgehead atoms. The number of likely N-dealkylation sites (tertiary alicyclic amines) is 1. The Morgan fingerprint density at radius 2 is 1.68 bits per heavy atom. The topological polar surface area (TPSA) is 100 Å². The summed E-state index contributed by atoms with van der Waals surface area (Å²) in [6.07, 6.45) is 2.82. The lowest BCUT2D eigenvalue weighted by Crippen LogP contribution is -2.47. The number of halogens is 3. The van der Waals surface area contributed by atoms with Crippen molar-refractivity contribution in [2.45, 2.75) is 36.6 Å². The molecule has 3 heterocycles. The molecule has 234 valence electrons. The van der Waals surface area contributed by atoms with Crippen LogP contribution in [-0.2, 0) is 14.6 Å². The van der Waals surface area contributed by atoms with E-state index in [4.69, 9.17) is 4.74 Å². The van der Waals surface area contributed by atoms with Crippen molar-refractivity contribution in [3.05, 3.63) is 83.8 Å². The third kappa shape index (κ3) is 6.82. The fourth-order valence-electron chi connectivity index (χ4n) is 5.91. The quantitative estimate of drug-likeness (QED) is 0.375. The van der Waals surface area contributed by atoms with Crippen LogP contribution in [0.4, 0.5) is 23.8 Å². The average molecular weight is 631 g/mol. The lowest BCUT2D eigenvalue weighted by atomic mass is 9.93. The zero-order valence-corrected chi connectivity index (χ0v) is 25.1. The molecule has 2 aromatic carbocycles. The summed E-state index contributed by atoms with van der Waals surface area (Å²) in [5.74, 6) is -2.62. The van der Waals surface area contributed by atoms with Gasteiger partial charge in [0.2, 0.25) is 5.91 Å². The first-order valence-corrected chi connectivity index (χ1v) is 16.2. The zero-order chi connectivity index (χ0) is 31.6.